The minimum atomic E-state index is 0.0895. The van der Waals surface area contributed by atoms with Crippen LogP contribution in [0.2, 0.25) is 0 Å². The Morgan fingerprint density at radius 2 is 2.24 bits per heavy atom. The third kappa shape index (κ3) is 2.79. The van der Waals surface area contributed by atoms with Crippen molar-refractivity contribution >= 4 is 28.7 Å². The molecule has 1 heterocycles. The summed E-state index contributed by atoms with van der Waals surface area (Å²) < 4.78 is 0. The summed E-state index contributed by atoms with van der Waals surface area (Å²) in [5.41, 5.74) is 3.15. The molecular weight excluding hydrogens is 234 g/mol. The van der Waals surface area contributed by atoms with E-state index in [9.17, 15) is 4.79 Å². The fourth-order valence-electron chi connectivity index (χ4n) is 1.43. The Morgan fingerprint density at radius 1 is 1.47 bits per heavy atom. The smallest absolute Gasteiger partial charge is 0.232 e. The molecule has 1 aromatic heterocycles. The Labute approximate surface area is 104 Å². The van der Waals surface area contributed by atoms with E-state index in [0.717, 1.165) is 16.2 Å². The number of imidazole rings is 1. The van der Waals surface area contributed by atoms with E-state index in [0.29, 0.717) is 5.75 Å². The summed E-state index contributed by atoms with van der Waals surface area (Å²) >= 11 is 1.43. The SMILES string of the molecule is Cc1ccc2nc(SCC(=O)N(C)C)[nH]c2c1. The van der Waals surface area contributed by atoms with Crippen LogP contribution in [0.3, 0.4) is 0 Å². The molecular formula is C12H15N3OS. The van der Waals surface area contributed by atoms with Crippen molar-refractivity contribution in [2.24, 2.45) is 0 Å². The van der Waals surface area contributed by atoms with Gasteiger partial charge in [-0.25, -0.2) is 4.98 Å². The van der Waals surface area contributed by atoms with Crippen LogP contribution < -0.4 is 0 Å². The molecule has 0 aliphatic rings. The number of carbonyl (C=O) groups is 1. The topological polar surface area (TPSA) is 49.0 Å². The largest absolute Gasteiger partial charge is 0.348 e. The van der Waals surface area contributed by atoms with Crippen LogP contribution >= 0.6 is 11.8 Å². The van der Waals surface area contributed by atoms with E-state index >= 15 is 0 Å². The standard InChI is InChI=1S/C12H15N3OS/c1-8-4-5-9-10(6-8)14-12(13-9)17-7-11(16)15(2)3/h4-6H,7H2,1-3H3,(H,13,14). The first-order chi connectivity index (χ1) is 8.06. The number of thioether (sulfide) groups is 1. The summed E-state index contributed by atoms with van der Waals surface area (Å²) in [5.74, 6) is 0.498. The van der Waals surface area contributed by atoms with E-state index in [1.165, 1.54) is 17.3 Å². The number of fused-ring (bicyclic) bond motifs is 1. The first-order valence-electron chi connectivity index (χ1n) is 5.35. The normalized spacial score (nSPS) is 10.8. The van der Waals surface area contributed by atoms with Gasteiger partial charge in [-0.3, -0.25) is 4.79 Å². The second kappa shape index (κ2) is 4.79. The number of amides is 1. The quantitative estimate of drug-likeness (QED) is 0.847. The number of nitrogens with zero attached hydrogens (tertiary/aromatic N) is 2. The van der Waals surface area contributed by atoms with E-state index in [1.807, 2.05) is 19.1 Å². The Balaban J connectivity index is 2.12. The number of carbonyl (C=O) groups excluding carboxylic acids is 1. The van der Waals surface area contributed by atoms with Gasteiger partial charge in [-0.1, -0.05) is 17.8 Å². The molecule has 0 radical (unpaired) electrons. The number of aryl methyl sites for hydroxylation is 1. The molecule has 4 nitrogen and oxygen atoms in total. The van der Waals surface area contributed by atoms with E-state index in [1.54, 1.807) is 19.0 Å². The van der Waals surface area contributed by atoms with Crippen LogP contribution in [0.1, 0.15) is 5.56 Å². The number of nitrogens with one attached hydrogen (secondary N) is 1. The molecule has 0 fully saturated rings. The Hall–Kier alpha value is -1.49. The molecule has 1 amide bonds. The lowest BCUT2D eigenvalue weighted by Gasteiger charge is -2.08. The minimum absolute atomic E-state index is 0.0895. The van der Waals surface area contributed by atoms with Gasteiger partial charge in [0.25, 0.3) is 0 Å². The van der Waals surface area contributed by atoms with E-state index < -0.39 is 0 Å². The molecule has 2 aromatic rings. The predicted molar refractivity (Wildman–Crippen MR) is 70.2 cm³/mol. The highest BCUT2D eigenvalue weighted by atomic mass is 32.2. The van der Waals surface area contributed by atoms with Crippen molar-refractivity contribution in [1.29, 1.82) is 0 Å². The highest BCUT2D eigenvalue weighted by molar-refractivity contribution is 7.99. The molecule has 2 rings (SSSR count). The zero-order valence-electron chi connectivity index (χ0n) is 10.2. The molecule has 0 saturated carbocycles. The molecule has 0 bridgehead atoms. The van der Waals surface area contributed by atoms with Crippen molar-refractivity contribution in [3.63, 3.8) is 0 Å². The molecule has 0 spiro atoms. The van der Waals surface area contributed by atoms with E-state index in [-0.39, 0.29) is 5.91 Å². The first kappa shape index (κ1) is 12.0. The third-order valence-electron chi connectivity index (χ3n) is 2.45. The van der Waals surface area contributed by atoms with Gasteiger partial charge >= 0.3 is 0 Å². The number of hydrogen-bond donors (Lipinski definition) is 1. The summed E-state index contributed by atoms with van der Waals surface area (Å²) in [4.78, 5) is 20.7. The molecule has 0 aliphatic carbocycles. The maximum atomic E-state index is 11.4. The maximum absolute atomic E-state index is 11.4. The van der Waals surface area contributed by atoms with Gasteiger partial charge in [-0.15, -0.1) is 0 Å². The van der Waals surface area contributed by atoms with Crippen LogP contribution in [-0.4, -0.2) is 40.6 Å². The minimum Gasteiger partial charge on any atom is -0.348 e. The van der Waals surface area contributed by atoms with Crippen LogP contribution in [0.5, 0.6) is 0 Å². The molecule has 1 N–H and O–H groups in total. The van der Waals surface area contributed by atoms with Crippen molar-refractivity contribution < 1.29 is 4.79 Å². The van der Waals surface area contributed by atoms with Gasteiger partial charge in [0.05, 0.1) is 16.8 Å². The Morgan fingerprint density at radius 3 is 2.94 bits per heavy atom. The third-order valence-corrected chi connectivity index (χ3v) is 3.30. The van der Waals surface area contributed by atoms with Gasteiger partial charge in [0.15, 0.2) is 5.16 Å². The second-order valence-corrected chi connectivity index (χ2v) is 5.10. The van der Waals surface area contributed by atoms with Gasteiger partial charge in [0.2, 0.25) is 5.91 Å². The highest BCUT2D eigenvalue weighted by Crippen LogP contribution is 2.20. The number of hydrogen-bond acceptors (Lipinski definition) is 3. The zero-order chi connectivity index (χ0) is 12.4. The Bertz CT molecular complexity index is 548. The van der Waals surface area contributed by atoms with Gasteiger partial charge < -0.3 is 9.88 Å². The highest BCUT2D eigenvalue weighted by Gasteiger charge is 2.08. The summed E-state index contributed by atoms with van der Waals surface area (Å²) in [5, 5.41) is 0.792. The number of rotatable bonds is 3. The number of aromatic nitrogens is 2. The monoisotopic (exact) mass is 249 g/mol. The van der Waals surface area contributed by atoms with Gasteiger partial charge in [0.1, 0.15) is 0 Å². The van der Waals surface area contributed by atoms with Crippen molar-refractivity contribution in [2.45, 2.75) is 12.1 Å². The second-order valence-electron chi connectivity index (χ2n) is 4.14. The predicted octanol–water partition coefficient (Wildman–Crippen LogP) is 2.05. The summed E-state index contributed by atoms with van der Waals surface area (Å²) in [6.07, 6.45) is 0. The maximum Gasteiger partial charge on any atom is 0.232 e. The molecule has 17 heavy (non-hydrogen) atoms. The van der Waals surface area contributed by atoms with Crippen molar-refractivity contribution in [1.82, 2.24) is 14.9 Å². The lowest BCUT2D eigenvalue weighted by molar-refractivity contribution is -0.125. The molecule has 0 saturated heterocycles. The van der Waals surface area contributed by atoms with E-state index in [2.05, 4.69) is 16.0 Å². The molecule has 5 heteroatoms. The van der Waals surface area contributed by atoms with Gasteiger partial charge in [-0.05, 0) is 24.6 Å². The number of H-pyrrole nitrogens is 1. The molecule has 1 aromatic carbocycles. The van der Waals surface area contributed by atoms with Crippen LogP contribution in [-0.2, 0) is 4.79 Å². The zero-order valence-corrected chi connectivity index (χ0v) is 11.0. The summed E-state index contributed by atoms with van der Waals surface area (Å²) in [6, 6.07) is 6.07. The van der Waals surface area contributed by atoms with Crippen LogP contribution in [0.25, 0.3) is 11.0 Å². The lowest BCUT2D eigenvalue weighted by Crippen LogP contribution is -2.23. The van der Waals surface area contributed by atoms with Crippen LogP contribution in [0.15, 0.2) is 23.4 Å². The van der Waals surface area contributed by atoms with Crippen molar-refractivity contribution in [3.8, 4) is 0 Å². The number of aromatic amines is 1. The number of benzene rings is 1. The molecule has 0 aliphatic heterocycles. The average molecular weight is 249 g/mol. The molecule has 0 atom stereocenters. The molecule has 90 valence electrons. The van der Waals surface area contributed by atoms with Gasteiger partial charge in [-0.2, -0.15) is 0 Å². The first-order valence-corrected chi connectivity index (χ1v) is 6.34. The fourth-order valence-corrected chi connectivity index (χ4v) is 2.29. The van der Waals surface area contributed by atoms with Crippen LogP contribution in [0, 0.1) is 6.92 Å². The van der Waals surface area contributed by atoms with Crippen molar-refractivity contribution in [2.75, 3.05) is 19.8 Å². The summed E-state index contributed by atoms with van der Waals surface area (Å²) in [6.45, 7) is 2.04. The summed E-state index contributed by atoms with van der Waals surface area (Å²) in [7, 11) is 3.51. The van der Waals surface area contributed by atoms with Crippen molar-refractivity contribution in [3.05, 3.63) is 23.8 Å². The Kier molecular flexibility index (Phi) is 3.38. The van der Waals surface area contributed by atoms with E-state index in [4.69, 9.17) is 0 Å². The van der Waals surface area contributed by atoms with Crippen LogP contribution in [0.4, 0.5) is 0 Å². The fraction of sp³-hybridized carbons (Fsp3) is 0.333. The van der Waals surface area contributed by atoms with Gasteiger partial charge in [0, 0.05) is 14.1 Å². The molecule has 0 unspecified atom stereocenters. The average Bonchev–Trinajstić information content (AvgIpc) is 2.67. The lowest BCUT2D eigenvalue weighted by atomic mass is 10.2.